The van der Waals surface area contributed by atoms with Crippen molar-refractivity contribution in [1.29, 1.82) is 0 Å². The first-order valence-electron chi connectivity index (χ1n) is 5.86. The molecule has 1 aromatic rings. The highest BCUT2D eigenvalue weighted by atomic mass is 32.1. The smallest absolute Gasteiger partial charge is 0.426 e. The van der Waals surface area contributed by atoms with Gasteiger partial charge >= 0.3 is 7.12 Å². The van der Waals surface area contributed by atoms with Crippen LogP contribution < -0.4 is 5.32 Å². The minimum Gasteiger partial charge on any atom is -0.426 e. The van der Waals surface area contributed by atoms with Crippen molar-refractivity contribution in [3.8, 4) is 0 Å². The van der Waals surface area contributed by atoms with Crippen LogP contribution in [-0.2, 0) is 11.2 Å². The van der Waals surface area contributed by atoms with Gasteiger partial charge in [0.1, 0.15) is 0 Å². The van der Waals surface area contributed by atoms with E-state index in [0.717, 1.165) is 5.56 Å². The number of carbonyl (C=O) groups is 1. The molecule has 6 heteroatoms. The lowest BCUT2D eigenvalue weighted by Gasteiger charge is -2.19. The summed E-state index contributed by atoms with van der Waals surface area (Å²) in [5.74, 6) is -0.766. The van der Waals surface area contributed by atoms with Crippen molar-refractivity contribution in [1.82, 2.24) is 5.32 Å². The summed E-state index contributed by atoms with van der Waals surface area (Å²) in [5, 5.41) is 21.2. The third-order valence-electron chi connectivity index (χ3n) is 2.71. The minimum absolute atomic E-state index is 0.223. The lowest BCUT2D eigenvalue weighted by atomic mass is 9.75. The molecule has 0 unspecified atom stereocenters. The number of hydrogen-bond acceptors (Lipinski definition) is 4. The normalized spacial score (nSPS) is 13.8. The maximum atomic E-state index is 11.7. The maximum Gasteiger partial charge on any atom is 0.475 e. The molecule has 1 amide bonds. The summed E-state index contributed by atoms with van der Waals surface area (Å²) in [4.78, 5) is 11.7. The molecule has 0 saturated carbocycles. The SMILES string of the molecule is C[C@H](CS)C(=O)N[C@@H](Cc1ccccc1)B(O)O. The summed E-state index contributed by atoms with van der Waals surface area (Å²) < 4.78 is 0. The zero-order valence-electron chi connectivity index (χ0n) is 10.3. The summed E-state index contributed by atoms with van der Waals surface area (Å²) in [7, 11) is -1.58. The summed E-state index contributed by atoms with van der Waals surface area (Å²) in [5.41, 5.74) is 0.939. The molecule has 0 saturated heterocycles. The van der Waals surface area contributed by atoms with Crippen LogP contribution in [0.1, 0.15) is 12.5 Å². The van der Waals surface area contributed by atoms with E-state index >= 15 is 0 Å². The highest BCUT2D eigenvalue weighted by Gasteiger charge is 2.26. The summed E-state index contributed by atoms with van der Waals surface area (Å²) >= 11 is 4.04. The second-order valence-corrected chi connectivity index (χ2v) is 4.67. The number of benzene rings is 1. The second-order valence-electron chi connectivity index (χ2n) is 4.30. The van der Waals surface area contributed by atoms with Crippen LogP contribution in [0.4, 0.5) is 0 Å². The number of carbonyl (C=O) groups excluding carboxylic acids is 1. The number of hydrogen-bond donors (Lipinski definition) is 4. The Hall–Kier alpha value is -0.975. The highest BCUT2D eigenvalue weighted by molar-refractivity contribution is 7.80. The quantitative estimate of drug-likeness (QED) is 0.442. The van der Waals surface area contributed by atoms with Crippen LogP contribution in [0.15, 0.2) is 30.3 Å². The average Bonchev–Trinajstić information content (AvgIpc) is 2.37. The van der Waals surface area contributed by atoms with E-state index in [0.29, 0.717) is 12.2 Å². The lowest BCUT2D eigenvalue weighted by molar-refractivity contribution is -0.124. The van der Waals surface area contributed by atoms with Gasteiger partial charge in [-0.2, -0.15) is 12.6 Å². The van der Waals surface area contributed by atoms with Crippen LogP contribution in [-0.4, -0.2) is 34.8 Å². The van der Waals surface area contributed by atoms with Crippen molar-refractivity contribution in [3.05, 3.63) is 35.9 Å². The molecule has 0 spiro atoms. The van der Waals surface area contributed by atoms with Crippen molar-refractivity contribution < 1.29 is 14.8 Å². The molecule has 0 heterocycles. The highest BCUT2D eigenvalue weighted by Crippen LogP contribution is 2.06. The fourth-order valence-electron chi connectivity index (χ4n) is 1.51. The summed E-state index contributed by atoms with van der Waals surface area (Å²) in [6.07, 6.45) is 0.379. The fraction of sp³-hybridized carbons (Fsp3) is 0.417. The Morgan fingerprint density at radius 1 is 1.39 bits per heavy atom. The average molecular weight is 267 g/mol. The van der Waals surface area contributed by atoms with Crippen LogP contribution in [0.3, 0.4) is 0 Å². The predicted molar refractivity (Wildman–Crippen MR) is 75.3 cm³/mol. The van der Waals surface area contributed by atoms with Gasteiger partial charge in [0.05, 0.1) is 5.94 Å². The summed E-state index contributed by atoms with van der Waals surface area (Å²) in [6.45, 7) is 1.74. The molecule has 1 rings (SSSR count). The van der Waals surface area contributed by atoms with Gasteiger partial charge in [-0.3, -0.25) is 4.79 Å². The molecule has 4 nitrogen and oxygen atoms in total. The first-order chi connectivity index (χ1) is 8.54. The van der Waals surface area contributed by atoms with E-state index in [4.69, 9.17) is 0 Å². The molecule has 0 aliphatic carbocycles. The number of thiol groups is 1. The van der Waals surface area contributed by atoms with Gasteiger partial charge in [0.15, 0.2) is 0 Å². The van der Waals surface area contributed by atoms with Crippen LogP contribution in [0.2, 0.25) is 0 Å². The molecule has 0 aliphatic heterocycles. The lowest BCUT2D eigenvalue weighted by Crippen LogP contribution is -2.49. The molecule has 0 aromatic heterocycles. The molecule has 0 radical (unpaired) electrons. The zero-order chi connectivity index (χ0) is 13.5. The Morgan fingerprint density at radius 3 is 2.50 bits per heavy atom. The Balaban J connectivity index is 2.64. The first-order valence-corrected chi connectivity index (χ1v) is 6.49. The van der Waals surface area contributed by atoms with Crippen LogP contribution in [0.5, 0.6) is 0 Å². The van der Waals surface area contributed by atoms with Gasteiger partial charge < -0.3 is 15.4 Å². The van der Waals surface area contributed by atoms with Gasteiger partial charge in [0.25, 0.3) is 0 Å². The number of rotatable bonds is 6. The number of amides is 1. The van der Waals surface area contributed by atoms with Crippen molar-refractivity contribution >= 4 is 25.7 Å². The van der Waals surface area contributed by atoms with E-state index in [9.17, 15) is 14.8 Å². The largest absolute Gasteiger partial charge is 0.475 e. The number of nitrogens with one attached hydrogen (secondary N) is 1. The Kier molecular flexibility index (Phi) is 6.25. The van der Waals surface area contributed by atoms with E-state index < -0.39 is 13.1 Å². The summed E-state index contributed by atoms with van der Waals surface area (Å²) in [6, 6.07) is 9.38. The molecule has 18 heavy (non-hydrogen) atoms. The van der Waals surface area contributed by atoms with Gasteiger partial charge in [0.2, 0.25) is 5.91 Å². The topological polar surface area (TPSA) is 69.6 Å². The van der Waals surface area contributed by atoms with Crippen molar-refractivity contribution in [2.45, 2.75) is 19.3 Å². The molecule has 1 aromatic carbocycles. The first kappa shape index (κ1) is 15.1. The third kappa shape index (κ3) is 4.72. The molecular weight excluding hydrogens is 249 g/mol. The Bertz CT molecular complexity index is 375. The van der Waals surface area contributed by atoms with E-state index in [1.165, 1.54) is 0 Å². The van der Waals surface area contributed by atoms with Crippen LogP contribution in [0.25, 0.3) is 0 Å². The molecular formula is C12H18BNO3S. The van der Waals surface area contributed by atoms with E-state index in [1.807, 2.05) is 30.3 Å². The second kappa shape index (κ2) is 7.46. The van der Waals surface area contributed by atoms with Gasteiger partial charge in [-0.1, -0.05) is 37.3 Å². The monoisotopic (exact) mass is 267 g/mol. The van der Waals surface area contributed by atoms with Crippen molar-refractivity contribution in [3.63, 3.8) is 0 Å². The predicted octanol–water partition coefficient (Wildman–Crippen LogP) is 0.292. The van der Waals surface area contributed by atoms with E-state index in [-0.39, 0.29) is 11.8 Å². The molecule has 0 bridgehead atoms. The zero-order valence-corrected chi connectivity index (χ0v) is 11.2. The van der Waals surface area contributed by atoms with Crippen LogP contribution in [0, 0.1) is 5.92 Å². The van der Waals surface area contributed by atoms with Gasteiger partial charge in [0, 0.05) is 11.7 Å². The van der Waals surface area contributed by atoms with Gasteiger partial charge in [-0.05, 0) is 12.0 Å². The molecule has 0 fully saturated rings. The van der Waals surface area contributed by atoms with Crippen molar-refractivity contribution in [2.75, 3.05) is 5.75 Å². The van der Waals surface area contributed by atoms with Crippen LogP contribution >= 0.6 is 12.6 Å². The standard InChI is InChI=1S/C12H18BNO3S/c1-9(8-18)12(15)14-11(13(16)17)7-10-5-3-2-4-6-10/h2-6,9,11,16-18H,7-8H2,1H3,(H,14,15)/t9-,11+/m1/s1. The van der Waals surface area contributed by atoms with E-state index in [1.54, 1.807) is 6.92 Å². The van der Waals surface area contributed by atoms with E-state index in [2.05, 4.69) is 17.9 Å². The molecule has 3 N–H and O–H groups in total. The van der Waals surface area contributed by atoms with Crippen molar-refractivity contribution in [2.24, 2.45) is 5.92 Å². The Morgan fingerprint density at radius 2 is 2.00 bits per heavy atom. The fourth-order valence-corrected chi connectivity index (χ4v) is 1.67. The minimum atomic E-state index is -1.58. The van der Waals surface area contributed by atoms with Gasteiger partial charge in [-0.25, -0.2) is 0 Å². The molecule has 0 aliphatic rings. The maximum absolute atomic E-state index is 11.7. The molecule has 2 atom stereocenters. The van der Waals surface area contributed by atoms with Gasteiger partial charge in [-0.15, -0.1) is 0 Å². The molecule has 98 valence electrons. The Labute approximate surface area is 113 Å². The third-order valence-corrected chi connectivity index (χ3v) is 3.26.